The minimum atomic E-state index is -0.622. The number of allylic oxidation sites excluding steroid dienone is 1. The molecule has 1 amide bonds. The van der Waals surface area contributed by atoms with Crippen LogP contribution in [0.3, 0.4) is 0 Å². The Morgan fingerprint density at radius 1 is 1.12 bits per heavy atom. The minimum Gasteiger partial charge on any atom is -0.487 e. The SMILES string of the molecule is CCOC(=O)C1=C(C)NC(=S)N[C@@H]1c1ccccc1OCC(=O)NN=Cc1cc(Br)cc(I)c1OCc1ccccc1. The van der Waals surface area contributed by atoms with E-state index in [0.29, 0.717) is 45.6 Å². The number of hydrogen-bond acceptors (Lipinski definition) is 7. The van der Waals surface area contributed by atoms with Gasteiger partial charge in [-0.1, -0.05) is 64.5 Å². The molecule has 12 heteroatoms. The van der Waals surface area contributed by atoms with Crippen molar-refractivity contribution >= 4 is 73.9 Å². The smallest absolute Gasteiger partial charge is 0.338 e. The maximum atomic E-state index is 12.8. The van der Waals surface area contributed by atoms with E-state index < -0.39 is 17.9 Å². The highest BCUT2D eigenvalue weighted by Gasteiger charge is 2.32. The van der Waals surface area contributed by atoms with Gasteiger partial charge in [-0.2, -0.15) is 5.10 Å². The van der Waals surface area contributed by atoms with Gasteiger partial charge in [-0.15, -0.1) is 0 Å². The first-order valence-electron chi connectivity index (χ1n) is 12.9. The fourth-order valence-electron chi connectivity index (χ4n) is 4.16. The van der Waals surface area contributed by atoms with Gasteiger partial charge in [-0.05, 0) is 72.4 Å². The molecule has 0 aliphatic carbocycles. The Balaban J connectivity index is 1.43. The number of hydrogen-bond donors (Lipinski definition) is 3. The van der Waals surface area contributed by atoms with E-state index in [1.54, 1.807) is 32.0 Å². The van der Waals surface area contributed by atoms with Crippen molar-refractivity contribution in [2.24, 2.45) is 5.10 Å². The zero-order valence-corrected chi connectivity index (χ0v) is 27.3. The molecule has 3 N–H and O–H groups in total. The van der Waals surface area contributed by atoms with Crippen molar-refractivity contribution in [3.63, 3.8) is 0 Å². The molecule has 0 saturated heterocycles. The fourth-order valence-corrected chi connectivity index (χ4v) is 6.14. The third kappa shape index (κ3) is 8.29. The molecule has 1 atom stereocenters. The number of esters is 1. The molecular weight excluding hydrogens is 735 g/mol. The van der Waals surface area contributed by atoms with E-state index in [1.807, 2.05) is 48.5 Å². The van der Waals surface area contributed by atoms with Crippen LogP contribution in [-0.2, 0) is 20.9 Å². The Morgan fingerprint density at radius 2 is 1.86 bits per heavy atom. The number of carbonyl (C=O) groups is 2. The summed E-state index contributed by atoms with van der Waals surface area (Å²) in [4.78, 5) is 25.4. The number of nitrogens with one attached hydrogen (secondary N) is 3. The van der Waals surface area contributed by atoms with E-state index in [9.17, 15) is 9.59 Å². The van der Waals surface area contributed by atoms with E-state index in [-0.39, 0.29) is 13.2 Å². The predicted molar refractivity (Wildman–Crippen MR) is 176 cm³/mol. The highest BCUT2D eigenvalue weighted by Crippen LogP contribution is 2.34. The van der Waals surface area contributed by atoms with Crippen molar-refractivity contribution in [1.82, 2.24) is 16.1 Å². The summed E-state index contributed by atoms with van der Waals surface area (Å²) in [5.74, 6) is 0.118. The lowest BCUT2D eigenvalue weighted by molar-refractivity contribution is -0.139. The van der Waals surface area contributed by atoms with Crippen LogP contribution in [0, 0.1) is 3.57 Å². The summed E-state index contributed by atoms with van der Waals surface area (Å²) < 4.78 is 19.0. The lowest BCUT2D eigenvalue weighted by Gasteiger charge is -2.30. The summed E-state index contributed by atoms with van der Waals surface area (Å²) in [6.07, 6.45) is 1.53. The summed E-state index contributed by atoms with van der Waals surface area (Å²) in [6.45, 7) is 3.80. The number of para-hydroxylation sites is 1. The molecule has 0 bridgehead atoms. The van der Waals surface area contributed by atoms with E-state index in [0.717, 1.165) is 13.6 Å². The zero-order chi connectivity index (χ0) is 30.1. The van der Waals surface area contributed by atoms with Crippen molar-refractivity contribution < 1.29 is 23.8 Å². The number of ether oxygens (including phenoxy) is 3. The second kappa shape index (κ2) is 15.1. The van der Waals surface area contributed by atoms with Crippen LogP contribution in [0.4, 0.5) is 0 Å². The topological polar surface area (TPSA) is 110 Å². The Hall–Kier alpha value is -3.49. The molecule has 4 rings (SSSR count). The van der Waals surface area contributed by atoms with E-state index >= 15 is 0 Å². The largest absolute Gasteiger partial charge is 0.487 e. The second-order valence-electron chi connectivity index (χ2n) is 8.99. The van der Waals surface area contributed by atoms with Crippen LogP contribution in [0.5, 0.6) is 11.5 Å². The number of carbonyl (C=O) groups excluding carboxylic acids is 2. The van der Waals surface area contributed by atoms with Gasteiger partial charge in [-0.25, -0.2) is 10.2 Å². The average molecular weight is 763 g/mol. The fraction of sp³-hybridized carbons (Fsp3) is 0.200. The first kappa shape index (κ1) is 31.4. The van der Waals surface area contributed by atoms with Gasteiger partial charge in [0.05, 0.1) is 28.0 Å². The van der Waals surface area contributed by atoms with Gasteiger partial charge >= 0.3 is 5.97 Å². The molecule has 0 radical (unpaired) electrons. The van der Waals surface area contributed by atoms with Crippen LogP contribution >= 0.6 is 50.7 Å². The molecule has 3 aromatic carbocycles. The number of benzene rings is 3. The molecule has 218 valence electrons. The molecule has 0 spiro atoms. The molecule has 0 saturated carbocycles. The van der Waals surface area contributed by atoms with Crippen molar-refractivity contribution in [3.05, 3.63) is 103 Å². The van der Waals surface area contributed by atoms with E-state index in [1.165, 1.54) is 6.21 Å². The van der Waals surface area contributed by atoms with Crippen molar-refractivity contribution in [3.8, 4) is 11.5 Å². The quantitative estimate of drug-likeness (QED) is 0.0772. The monoisotopic (exact) mass is 762 g/mol. The molecule has 0 unspecified atom stereocenters. The van der Waals surface area contributed by atoms with Crippen LogP contribution in [0.15, 0.2) is 87.6 Å². The molecule has 1 aliphatic heterocycles. The normalized spacial score (nSPS) is 14.7. The Labute approximate surface area is 271 Å². The first-order chi connectivity index (χ1) is 20.3. The van der Waals surface area contributed by atoms with Crippen molar-refractivity contribution in [1.29, 1.82) is 0 Å². The molecule has 9 nitrogen and oxygen atoms in total. The van der Waals surface area contributed by atoms with Crippen molar-refractivity contribution in [2.75, 3.05) is 13.2 Å². The van der Waals surface area contributed by atoms with Crippen LogP contribution in [0.25, 0.3) is 0 Å². The number of thiocarbonyl (C=S) groups is 1. The summed E-state index contributed by atoms with van der Waals surface area (Å²) in [6, 6.07) is 20.1. The highest BCUT2D eigenvalue weighted by molar-refractivity contribution is 14.1. The van der Waals surface area contributed by atoms with Gasteiger partial charge in [0.1, 0.15) is 18.1 Å². The maximum absolute atomic E-state index is 12.8. The second-order valence-corrected chi connectivity index (χ2v) is 11.5. The predicted octanol–water partition coefficient (Wildman–Crippen LogP) is 5.52. The third-order valence-corrected chi connectivity index (χ3v) is 7.49. The van der Waals surface area contributed by atoms with E-state index in [2.05, 4.69) is 59.7 Å². The maximum Gasteiger partial charge on any atom is 0.338 e. The van der Waals surface area contributed by atoms with Crippen LogP contribution < -0.4 is 25.5 Å². The van der Waals surface area contributed by atoms with Crippen LogP contribution in [0.2, 0.25) is 0 Å². The van der Waals surface area contributed by atoms with Gasteiger partial charge in [0.15, 0.2) is 11.7 Å². The Morgan fingerprint density at radius 3 is 2.62 bits per heavy atom. The molecule has 1 heterocycles. The van der Waals surface area contributed by atoms with Crippen LogP contribution in [-0.4, -0.2) is 36.4 Å². The van der Waals surface area contributed by atoms with Gasteiger partial charge < -0.3 is 24.8 Å². The lowest BCUT2D eigenvalue weighted by atomic mass is 9.95. The zero-order valence-electron chi connectivity index (χ0n) is 22.8. The number of hydrazone groups is 1. The summed E-state index contributed by atoms with van der Waals surface area (Å²) in [5.41, 5.74) is 5.82. The van der Waals surface area contributed by atoms with Crippen LogP contribution in [0.1, 0.15) is 36.6 Å². The summed E-state index contributed by atoms with van der Waals surface area (Å²) >= 11 is 11.0. The molecule has 42 heavy (non-hydrogen) atoms. The Bertz CT molecular complexity index is 1530. The number of amides is 1. The summed E-state index contributed by atoms with van der Waals surface area (Å²) in [5, 5.41) is 10.6. The van der Waals surface area contributed by atoms with Gasteiger partial charge in [0.25, 0.3) is 5.91 Å². The number of nitrogens with zero attached hydrogens (tertiary/aromatic N) is 1. The third-order valence-electron chi connectivity index (χ3n) is 6.01. The lowest BCUT2D eigenvalue weighted by Crippen LogP contribution is -2.45. The van der Waals surface area contributed by atoms with Gasteiger partial charge in [0, 0.05) is 21.3 Å². The molecular formula is C30H28BrIN4O5S. The van der Waals surface area contributed by atoms with Gasteiger partial charge in [0.2, 0.25) is 0 Å². The van der Waals surface area contributed by atoms with E-state index in [4.69, 9.17) is 26.4 Å². The molecule has 1 aliphatic rings. The molecule has 3 aromatic rings. The Kier molecular flexibility index (Phi) is 11.3. The highest BCUT2D eigenvalue weighted by atomic mass is 127. The van der Waals surface area contributed by atoms with Crippen molar-refractivity contribution in [2.45, 2.75) is 26.5 Å². The summed E-state index contributed by atoms with van der Waals surface area (Å²) in [7, 11) is 0. The first-order valence-corrected chi connectivity index (χ1v) is 15.2. The van der Waals surface area contributed by atoms with Gasteiger partial charge in [-0.3, -0.25) is 4.79 Å². The minimum absolute atomic E-state index is 0.228. The number of rotatable bonds is 11. The molecule has 0 aromatic heterocycles. The number of halogens is 2. The molecule has 0 fully saturated rings. The average Bonchev–Trinajstić information content (AvgIpc) is 2.96. The standard InChI is InChI=1S/C30H28BrIN4O5S/c1-3-39-29(38)26-18(2)34-30(42)35-27(26)22-11-7-8-12-24(22)40-17-25(37)36-33-15-20-13-21(31)14-23(32)28(20)41-16-19-9-5-4-6-10-19/h4-15,27H,3,16-17H2,1-2H3,(H,36,37)(H2,34,35,42)/t27-/m1/s1.